The predicted octanol–water partition coefficient (Wildman–Crippen LogP) is 6.48. The first-order chi connectivity index (χ1) is 19.6. The maximum Gasteiger partial charge on any atom is 0.161 e. The SMILES string of the molecule is COc1cc(F)cc(-c2cncc3[nH]c(-c4n[nH]c5ccc(-c6cncc(OC7CCCCC7)c6)nc45)nc23)c1. The van der Waals surface area contributed by atoms with Crippen molar-refractivity contribution in [2.24, 2.45) is 0 Å². The van der Waals surface area contributed by atoms with E-state index in [1.54, 1.807) is 30.9 Å². The number of methoxy groups -OCH3 is 1. The molecule has 1 aliphatic carbocycles. The summed E-state index contributed by atoms with van der Waals surface area (Å²) in [5.74, 6) is 1.29. The Morgan fingerprint density at radius 2 is 1.68 bits per heavy atom. The van der Waals surface area contributed by atoms with Crippen LogP contribution >= 0.6 is 0 Å². The third-order valence-electron chi connectivity index (χ3n) is 7.31. The number of fused-ring (bicyclic) bond motifs is 2. The summed E-state index contributed by atoms with van der Waals surface area (Å²) in [4.78, 5) is 21.8. The van der Waals surface area contributed by atoms with Crippen LogP contribution < -0.4 is 9.47 Å². The summed E-state index contributed by atoms with van der Waals surface area (Å²) in [5, 5.41) is 7.56. The minimum atomic E-state index is -0.403. The van der Waals surface area contributed by atoms with E-state index in [9.17, 15) is 4.39 Å². The van der Waals surface area contributed by atoms with Gasteiger partial charge >= 0.3 is 0 Å². The third-order valence-corrected chi connectivity index (χ3v) is 7.31. The van der Waals surface area contributed by atoms with Gasteiger partial charge in [0.15, 0.2) is 11.5 Å². The molecule has 5 heterocycles. The molecule has 6 aromatic rings. The number of benzene rings is 1. The van der Waals surface area contributed by atoms with Gasteiger partial charge in [-0.1, -0.05) is 6.42 Å². The highest BCUT2D eigenvalue weighted by Crippen LogP contribution is 2.33. The second kappa shape index (κ2) is 10.0. The van der Waals surface area contributed by atoms with E-state index in [4.69, 9.17) is 19.4 Å². The van der Waals surface area contributed by atoms with Gasteiger partial charge in [-0.2, -0.15) is 5.10 Å². The molecule has 1 fully saturated rings. The summed E-state index contributed by atoms with van der Waals surface area (Å²) < 4.78 is 25.7. The first-order valence-corrected chi connectivity index (χ1v) is 13.3. The van der Waals surface area contributed by atoms with Gasteiger partial charge in [0.1, 0.15) is 22.8 Å². The van der Waals surface area contributed by atoms with Crippen LogP contribution in [-0.2, 0) is 0 Å². The second-order valence-electron chi connectivity index (χ2n) is 10.0. The number of rotatable bonds is 6. The Hall–Kier alpha value is -4.86. The van der Waals surface area contributed by atoms with E-state index in [2.05, 4.69) is 25.1 Å². The van der Waals surface area contributed by atoms with E-state index in [0.29, 0.717) is 44.9 Å². The molecular formula is C30H26FN7O2. The van der Waals surface area contributed by atoms with Gasteiger partial charge in [-0.3, -0.25) is 15.1 Å². The Balaban J connectivity index is 1.26. The number of aromatic amines is 2. The highest BCUT2D eigenvalue weighted by molar-refractivity contribution is 5.96. The predicted molar refractivity (Wildman–Crippen MR) is 149 cm³/mol. The summed E-state index contributed by atoms with van der Waals surface area (Å²) in [6.07, 6.45) is 13.0. The maximum atomic E-state index is 14.3. The summed E-state index contributed by atoms with van der Waals surface area (Å²) in [7, 11) is 1.50. The molecule has 0 bridgehead atoms. The van der Waals surface area contributed by atoms with Crippen LogP contribution in [0.25, 0.3) is 56.0 Å². The molecule has 7 rings (SSSR count). The molecule has 0 amide bonds. The van der Waals surface area contributed by atoms with Crippen LogP contribution in [-0.4, -0.2) is 48.3 Å². The Morgan fingerprint density at radius 3 is 2.55 bits per heavy atom. The first-order valence-electron chi connectivity index (χ1n) is 13.3. The van der Waals surface area contributed by atoms with Crippen LogP contribution in [0.1, 0.15) is 32.1 Å². The number of pyridine rings is 3. The first kappa shape index (κ1) is 24.2. The van der Waals surface area contributed by atoms with Gasteiger partial charge in [0, 0.05) is 29.6 Å². The number of nitrogens with one attached hydrogen (secondary N) is 2. The van der Waals surface area contributed by atoms with Gasteiger partial charge in [-0.15, -0.1) is 0 Å². The third kappa shape index (κ3) is 4.51. The molecule has 1 aromatic carbocycles. The number of hydrogen-bond acceptors (Lipinski definition) is 7. The molecule has 1 aliphatic rings. The van der Waals surface area contributed by atoms with Crippen molar-refractivity contribution in [2.75, 3.05) is 7.11 Å². The Kier molecular flexibility index (Phi) is 6.07. The lowest BCUT2D eigenvalue weighted by Gasteiger charge is -2.22. The zero-order valence-electron chi connectivity index (χ0n) is 21.8. The monoisotopic (exact) mass is 535 g/mol. The van der Waals surface area contributed by atoms with Crippen LogP contribution in [0.2, 0.25) is 0 Å². The molecular weight excluding hydrogens is 509 g/mol. The van der Waals surface area contributed by atoms with E-state index >= 15 is 0 Å². The molecule has 200 valence electrons. The number of ether oxygens (including phenoxy) is 2. The topological polar surface area (TPSA) is 114 Å². The van der Waals surface area contributed by atoms with Gasteiger partial charge in [0.2, 0.25) is 0 Å². The van der Waals surface area contributed by atoms with Crippen LogP contribution in [0.5, 0.6) is 11.5 Å². The molecule has 0 unspecified atom stereocenters. The Bertz CT molecular complexity index is 1840. The Labute approximate surface area is 228 Å². The van der Waals surface area contributed by atoms with Crippen molar-refractivity contribution >= 4 is 22.1 Å². The normalized spacial score (nSPS) is 14.2. The largest absolute Gasteiger partial charge is 0.497 e. The average molecular weight is 536 g/mol. The molecule has 2 N–H and O–H groups in total. The van der Waals surface area contributed by atoms with E-state index < -0.39 is 5.82 Å². The number of H-pyrrole nitrogens is 2. The fraction of sp³-hybridized carbons (Fsp3) is 0.233. The van der Waals surface area contributed by atoms with Crippen LogP contribution in [0.15, 0.2) is 61.2 Å². The van der Waals surface area contributed by atoms with E-state index in [1.165, 1.54) is 38.5 Å². The van der Waals surface area contributed by atoms with Crippen molar-refractivity contribution in [1.29, 1.82) is 0 Å². The minimum absolute atomic E-state index is 0.239. The van der Waals surface area contributed by atoms with Gasteiger partial charge in [0.05, 0.1) is 47.9 Å². The molecule has 9 nitrogen and oxygen atoms in total. The van der Waals surface area contributed by atoms with Crippen LogP contribution in [0, 0.1) is 5.82 Å². The fourth-order valence-electron chi connectivity index (χ4n) is 5.32. The van der Waals surface area contributed by atoms with Crippen molar-refractivity contribution in [2.45, 2.75) is 38.2 Å². The molecule has 0 atom stereocenters. The van der Waals surface area contributed by atoms with Crippen molar-refractivity contribution in [3.8, 4) is 45.4 Å². The fourth-order valence-corrected chi connectivity index (χ4v) is 5.32. The summed E-state index contributed by atoms with van der Waals surface area (Å²) >= 11 is 0. The van der Waals surface area contributed by atoms with E-state index in [1.807, 2.05) is 18.2 Å². The van der Waals surface area contributed by atoms with E-state index in [0.717, 1.165) is 35.4 Å². The van der Waals surface area contributed by atoms with Crippen LogP contribution in [0.4, 0.5) is 4.39 Å². The molecule has 0 saturated heterocycles. The average Bonchev–Trinajstić information content (AvgIpc) is 3.61. The lowest BCUT2D eigenvalue weighted by Crippen LogP contribution is -2.19. The maximum absolute atomic E-state index is 14.3. The zero-order chi connectivity index (χ0) is 27.1. The number of aromatic nitrogens is 7. The minimum Gasteiger partial charge on any atom is -0.497 e. The molecule has 1 saturated carbocycles. The second-order valence-corrected chi connectivity index (χ2v) is 10.0. The molecule has 0 spiro atoms. The highest BCUT2D eigenvalue weighted by Gasteiger charge is 2.19. The van der Waals surface area contributed by atoms with Crippen molar-refractivity contribution in [1.82, 2.24) is 35.1 Å². The Morgan fingerprint density at radius 1 is 0.825 bits per heavy atom. The van der Waals surface area contributed by atoms with Crippen molar-refractivity contribution in [3.05, 3.63) is 67.0 Å². The lowest BCUT2D eigenvalue weighted by atomic mass is 9.98. The van der Waals surface area contributed by atoms with Gasteiger partial charge < -0.3 is 14.5 Å². The quantitative estimate of drug-likeness (QED) is 0.251. The number of halogens is 1. The molecule has 10 heteroatoms. The van der Waals surface area contributed by atoms with Crippen molar-refractivity contribution in [3.63, 3.8) is 0 Å². The van der Waals surface area contributed by atoms with Gasteiger partial charge in [-0.05, 0) is 61.6 Å². The summed E-state index contributed by atoms with van der Waals surface area (Å²) in [5.41, 5.74) is 6.24. The molecule has 40 heavy (non-hydrogen) atoms. The molecule has 0 radical (unpaired) electrons. The standard InChI is InChI=1S/C30H26FN7O2/c1-39-21-10-17(9-19(31)12-21)23-15-33-16-26-27(23)36-30(35-26)29-28-25(37-38-29)8-7-24(34-28)18-11-22(14-32-13-18)40-20-5-3-2-4-6-20/h7-16,20H,2-6H2,1H3,(H,35,36)(H,37,38). The van der Waals surface area contributed by atoms with Crippen molar-refractivity contribution < 1.29 is 13.9 Å². The zero-order valence-corrected chi connectivity index (χ0v) is 21.8. The summed E-state index contributed by atoms with van der Waals surface area (Å²) in [6.45, 7) is 0. The number of imidazole rings is 1. The van der Waals surface area contributed by atoms with Gasteiger partial charge in [-0.25, -0.2) is 14.4 Å². The van der Waals surface area contributed by atoms with Crippen LogP contribution in [0.3, 0.4) is 0 Å². The number of hydrogen-bond donors (Lipinski definition) is 2. The highest BCUT2D eigenvalue weighted by atomic mass is 19.1. The summed E-state index contributed by atoms with van der Waals surface area (Å²) in [6, 6.07) is 10.4. The van der Waals surface area contributed by atoms with Gasteiger partial charge in [0.25, 0.3) is 0 Å². The van der Waals surface area contributed by atoms with E-state index in [-0.39, 0.29) is 6.10 Å². The molecule has 5 aromatic heterocycles. The smallest absolute Gasteiger partial charge is 0.161 e. The lowest BCUT2D eigenvalue weighted by molar-refractivity contribution is 0.154. The number of nitrogens with zero attached hydrogens (tertiary/aromatic N) is 5. The molecule has 0 aliphatic heterocycles.